The average Bonchev–Trinajstić information content (AvgIpc) is 2.29. The van der Waals surface area contributed by atoms with E-state index in [0.29, 0.717) is 0 Å². The quantitative estimate of drug-likeness (QED) is 0.792. The SMILES string of the molecule is Cc1cc(C)cc(NC2=CC=C(C(F)(F)F)CC2C)c1. The first-order chi connectivity index (χ1) is 9.25. The van der Waals surface area contributed by atoms with Gasteiger partial charge in [0.25, 0.3) is 0 Å². The van der Waals surface area contributed by atoms with E-state index in [1.165, 1.54) is 12.2 Å². The number of halogens is 3. The standard InChI is InChI=1S/C16H18F3N/c1-10-6-11(2)8-14(7-10)20-15-5-4-13(9-12(15)3)16(17,18)19/h4-8,12,20H,9H2,1-3H3. The summed E-state index contributed by atoms with van der Waals surface area (Å²) in [6.45, 7) is 5.80. The van der Waals surface area contributed by atoms with Gasteiger partial charge < -0.3 is 5.32 Å². The second-order valence-corrected chi connectivity index (χ2v) is 5.42. The molecule has 0 radical (unpaired) electrons. The lowest BCUT2D eigenvalue weighted by molar-refractivity contribution is -0.0950. The first-order valence-corrected chi connectivity index (χ1v) is 6.59. The lowest BCUT2D eigenvalue weighted by Crippen LogP contribution is -2.20. The summed E-state index contributed by atoms with van der Waals surface area (Å²) in [5.74, 6) is -0.169. The Balaban J connectivity index is 2.21. The van der Waals surface area contributed by atoms with Crippen LogP contribution in [0.1, 0.15) is 24.5 Å². The molecule has 1 aromatic rings. The Kier molecular flexibility index (Phi) is 3.93. The van der Waals surface area contributed by atoms with Crippen molar-refractivity contribution in [2.45, 2.75) is 33.4 Å². The molecule has 0 aromatic heterocycles. The van der Waals surface area contributed by atoms with Gasteiger partial charge in [0.2, 0.25) is 0 Å². The maximum absolute atomic E-state index is 12.7. The number of allylic oxidation sites excluding steroid dienone is 4. The van der Waals surface area contributed by atoms with Crippen molar-refractivity contribution in [3.05, 3.63) is 52.7 Å². The fraction of sp³-hybridized carbons (Fsp3) is 0.375. The molecular weight excluding hydrogens is 263 g/mol. The van der Waals surface area contributed by atoms with Crippen molar-refractivity contribution in [3.8, 4) is 0 Å². The summed E-state index contributed by atoms with van der Waals surface area (Å²) in [5.41, 5.74) is 3.54. The summed E-state index contributed by atoms with van der Waals surface area (Å²) in [5, 5.41) is 3.23. The molecule has 0 saturated carbocycles. The van der Waals surface area contributed by atoms with Gasteiger partial charge in [0.15, 0.2) is 0 Å². The Morgan fingerprint density at radius 2 is 1.65 bits per heavy atom. The molecule has 0 bridgehead atoms. The van der Waals surface area contributed by atoms with Crippen molar-refractivity contribution in [2.24, 2.45) is 5.92 Å². The molecule has 20 heavy (non-hydrogen) atoms. The molecule has 0 heterocycles. The maximum Gasteiger partial charge on any atom is 0.412 e. The highest BCUT2D eigenvalue weighted by atomic mass is 19.4. The predicted molar refractivity (Wildman–Crippen MR) is 75.5 cm³/mol. The first-order valence-electron chi connectivity index (χ1n) is 6.59. The van der Waals surface area contributed by atoms with Gasteiger partial charge >= 0.3 is 6.18 Å². The molecule has 0 spiro atoms. The van der Waals surface area contributed by atoms with Crippen LogP contribution in [-0.2, 0) is 0 Å². The summed E-state index contributed by atoms with van der Waals surface area (Å²) in [6, 6.07) is 6.04. The number of anilines is 1. The highest BCUT2D eigenvalue weighted by molar-refractivity contribution is 5.53. The summed E-state index contributed by atoms with van der Waals surface area (Å²) in [4.78, 5) is 0. The van der Waals surface area contributed by atoms with Gasteiger partial charge in [0, 0.05) is 22.9 Å². The number of hydrogen-bond acceptors (Lipinski definition) is 1. The molecule has 1 unspecified atom stereocenters. The van der Waals surface area contributed by atoms with Crippen LogP contribution in [0.3, 0.4) is 0 Å². The van der Waals surface area contributed by atoms with Crippen LogP contribution in [0, 0.1) is 19.8 Å². The second kappa shape index (κ2) is 5.35. The summed E-state index contributed by atoms with van der Waals surface area (Å²) in [7, 11) is 0. The minimum atomic E-state index is -4.23. The number of nitrogens with one attached hydrogen (secondary N) is 1. The van der Waals surface area contributed by atoms with E-state index in [9.17, 15) is 13.2 Å². The van der Waals surface area contributed by atoms with E-state index in [-0.39, 0.29) is 12.3 Å². The third-order valence-corrected chi connectivity index (χ3v) is 3.40. The van der Waals surface area contributed by atoms with Crippen LogP contribution < -0.4 is 5.32 Å². The molecule has 0 amide bonds. The van der Waals surface area contributed by atoms with Gasteiger partial charge in [0.1, 0.15) is 0 Å². The molecule has 1 aromatic carbocycles. The molecule has 1 nitrogen and oxygen atoms in total. The number of hydrogen-bond donors (Lipinski definition) is 1. The average molecular weight is 281 g/mol. The van der Waals surface area contributed by atoms with E-state index >= 15 is 0 Å². The van der Waals surface area contributed by atoms with Crippen molar-refractivity contribution in [1.29, 1.82) is 0 Å². The third kappa shape index (κ3) is 3.44. The van der Waals surface area contributed by atoms with Crippen molar-refractivity contribution in [2.75, 3.05) is 5.32 Å². The molecular formula is C16H18F3N. The zero-order valence-corrected chi connectivity index (χ0v) is 11.8. The summed E-state index contributed by atoms with van der Waals surface area (Å²) in [6.07, 6.45) is -1.50. The van der Waals surface area contributed by atoms with Gasteiger partial charge in [-0.25, -0.2) is 0 Å². The lowest BCUT2D eigenvalue weighted by atomic mass is 9.92. The Morgan fingerprint density at radius 1 is 1.05 bits per heavy atom. The fourth-order valence-electron chi connectivity index (χ4n) is 2.45. The van der Waals surface area contributed by atoms with E-state index in [0.717, 1.165) is 22.5 Å². The molecule has 1 aliphatic rings. The normalized spacial score (nSPS) is 19.4. The smallest absolute Gasteiger partial charge is 0.359 e. The number of rotatable bonds is 2. The van der Waals surface area contributed by atoms with Gasteiger partial charge in [-0.15, -0.1) is 0 Å². The summed E-state index contributed by atoms with van der Waals surface area (Å²) >= 11 is 0. The number of aryl methyl sites for hydroxylation is 2. The molecule has 4 heteroatoms. The van der Waals surface area contributed by atoms with Crippen molar-refractivity contribution in [1.82, 2.24) is 0 Å². The van der Waals surface area contributed by atoms with Crippen molar-refractivity contribution < 1.29 is 13.2 Å². The molecule has 1 N–H and O–H groups in total. The maximum atomic E-state index is 12.7. The van der Waals surface area contributed by atoms with E-state index in [1.807, 2.05) is 26.0 Å². The van der Waals surface area contributed by atoms with Crippen LogP contribution in [0.2, 0.25) is 0 Å². The van der Waals surface area contributed by atoms with Crippen LogP contribution in [0.5, 0.6) is 0 Å². The number of benzene rings is 1. The van der Waals surface area contributed by atoms with Gasteiger partial charge in [-0.1, -0.05) is 19.1 Å². The number of alkyl halides is 3. The van der Waals surface area contributed by atoms with Crippen LogP contribution >= 0.6 is 0 Å². The Bertz CT molecular complexity index is 547. The lowest BCUT2D eigenvalue weighted by Gasteiger charge is -2.24. The van der Waals surface area contributed by atoms with Crippen LogP contribution in [0.25, 0.3) is 0 Å². The van der Waals surface area contributed by atoms with Crippen molar-refractivity contribution in [3.63, 3.8) is 0 Å². The van der Waals surface area contributed by atoms with Crippen molar-refractivity contribution >= 4 is 5.69 Å². The zero-order valence-electron chi connectivity index (χ0n) is 11.8. The Morgan fingerprint density at radius 3 is 2.15 bits per heavy atom. The first kappa shape index (κ1) is 14.7. The Hall–Kier alpha value is -1.71. The molecule has 2 rings (SSSR count). The highest BCUT2D eigenvalue weighted by Gasteiger charge is 2.35. The molecule has 1 aliphatic carbocycles. The second-order valence-electron chi connectivity index (χ2n) is 5.42. The van der Waals surface area contributed by atoms with Gasteiger partial charge in [-0.2, -0.15) is 13.2 Å². The van der Waals surface area contributed by atoms with E-state index < -0.39 is 11.7 Å². The Labute approximate surface area is 117 Å². The van der Waals surface area contributed by atoms with Gasteiger partial charge in [0.05, 0.1) is 0 Å². The monoisotopic (exact) mass is 281 g/mol. The predicted octanol–water partition coefficient (Wildman–Crippen LogP) is 5.13. The fourth-order valence-corrected chi connectivity index (χ4v) is 2.45. The van der Waals surface area contributed by atoms with Crippen LogP contribution in [-0.4, -0.2) is 6.18 Å². The molecule has 108 valence electrons. The minimum Gasteiger partial charge on any atom is -0.359 e. The summed E-state index contributed by atoms with van der Waals surface area (Å²) < 4.78 is 38.0. The minimum absolute atomic E-state index is 0.0210. The molecule has 0 saturated heterocycles. The topological polar surface area (TPSA) is 12.0 Å². The largest absolute Gasteiger partial charge is 0.412 e. The molecule has 0 fully saturated rings. The highest BCUT2D eigenvalue weighted by Crippen LogP contribution is 2.36. The van der Waals surface area contributed by atoms with E-state index in [1.54, 1.807) is 6.92 Å². The zero-order chi connectivity index (χ0) is 14.9. The van der Waals surface area contributed by atoms with E-state index in [2.05, 4.69) is 11.4 Å². The molecule has 0 aliphatic heterocycles. The van der Waals surface area contributed by atoms with Crippen LogP contribution in [0.4, 0.5) is 18.9 Å². The van der Waals surface area contributed by atoms with Gasteiger partial charge in [-0.05, 0) is 49.6 Å². The van der Waals surface area contributed by atoms with E-state index in [4.69, 9.17) is 0 Å². The van der Waals surface area contributed by atoms with Crippen LogP contribution in [0.15, 0.2) is 41.6 Å². The van der Waals surface area contributed by atoms with Gasteiger partial charge in [-0.3, -0.25) is 0 Å². The third-order valence-electron chi connectivity index (χ3n) is 3.40. The molecule has 1 atom stereocenters.